The van der Waals surface area contributed by atoms with Crippen LogP contribution in [0.2, 0.25) is 5.02 Å². The van der Waals surface area contributed by atoms with Gasteiger partial charge in [0.1, 0.15) is 11.5 Å². The van der Waals surface area contributed by atoms with Gasteiger partial charge in [0.05, 0.1) is 21.8 Å². The normalized spacial score (nSPS) is 11.0. The third-order valence-corrected chi connectivity index (χ3v) is 4.46. The average molecular weight is 367 g/mol. The van der Waals surface area contributed by atoms with Crippen molar-refractivity contribution in [1.29, 1.82) is 0 Å². The van der Waals surface area contributed by atoms with Crippen molar-refractivity contribution in [1.82, 2.24) is 9.78 Å². The fraction of sp³-hybridized carbons (Fsp3) is 0. The molecule has 4 nitrogen and oxygen atoms in total. The van der Waals surface area contributed by atoms with Crippen LogP contribution >= 0.6 is 11.6 Å². The lowest BCUT2D eigenvalue weighted by molar-refractivity contribution is 0.0697. The maximum atomic E-state index is 13.3. The number of hydrogen-bond acceptors (Lipinski definition) is 2. The van der Waals surface area contributed by atoms with E-state index >= 15 is 0 Å². The standard InChI is InChI=1S/C20H12ClFN2O2/c21-17-4-2-1-3-15(17)19-16-10-5-12(20(25)26)11-18(16)24(23-19)14-8-6-13(22)7-9-14/h1-11H,(H,25,26). The van der Waals surface area contributed by atoms with Gasteiger partial charge in [0.25, 0.3) is 0 Å². The molecule has 1 heterocycles. The lowest BCUT2D eigenvalue weighted by Gasteiger charge is -2.04. The zero-order valence-electron chi connectivity index (χ0n) is 13.4. The maximum absolute atomic E-state index is 13.3. The Kier molecular flexibility index (Phi) is 3.93. The Morgan fingerprint density at radius 1 is 1.04 bits per heavy atom. The highest BCUT2D eigenvalue weighted by molar-refractivity contribution is 6.33. The van der Waals surface area contributed by atoms with Gasteiger partial charge in [-0.3, -0.25) is 0 Å². The number of carbonyl (C=O) groups is 1. The summed E-state index contributed by atoms with van der Waals surface area (Å²) in [6.07, 6.45) is 0. The van der Waals surface area contributed by atoms with Gasteiger partial charge in [-0.25, -0.2) is 13.9 Å². The van der Waals surface area contributed by atoms with Crippen LogP contribution in [0.4, 0.5) is 4.39 Å². The highest BCUT2D eigenvalue weighted by atomic mass is 35.5. The molecule has 0 saturated heterocycles. The summed E-state index contributed by atoms with van der Waals surface area (Å²) < 4.78 is 14.9. The lowest BCUT2D eigenvalue weighted by atomic mass is 10.1. The topological polar surface area (TPSA) is 55.1 Å². The van der Waals surface area contributed by atoms with Crippen molar-refractivity contribution in [3.8, 4) is 16.9 Å². The molecule has 26 heavy (non-hydrogen) atoms. The molecule has 0 saturated carbocycles. The molecule has 4 rings (SSSR count). The number of halogens is 2. The van der Waals surface area contributed by atoms with Crippen LogP contribution in [0.1, 0.15) is 10.4 Å². The third kappa shape index (κ3) is 2.72. The van der Waals surface area contributed by atoms with Crippen LogP contribution in [-0.2, 0) is 0 Å². The van der Waals surface area contributed by atoms with Crippen LogP contribution in [0.25, 0.3) is 27.8 Å². The monoisotopic (exact) mass is 366 g/mol. The Labute approximate surface area is 153 Å². The summed E-state index contributed by atoms with van der Waals surface area (Å²) in [5.74, 6) is -1.39. The Balaban J connectivity index is 2.04. The summed E-state index contributed by atoms with van der Waals surface area (Å²) in [4.78, 5) is 11.4. The molecule has 0 aliphatic carbocycles. The molecule has 4 aromatic rings. The molecule has 0 unspecified atom stereocenters. The Morgan fingerprint density at radius 3 is 2.46 bits per heavy atom. The number of benzene rings is 3. The summed E-state index contributed by atoms with van der Waals surface area (Å²) in [5, 5.41) is 15.2. The fourth-order valence-electron chi connectivity index (χ4n) is 2.88. The van der Waals surface area contributed by atoms with E-state index < -0.39 is 5.97 Å². The van der Waals surface area contributed by atoms with Crippen molar-refractivity contribution in [3.05, 3.63) is 83.1 Å². The van der Waals surface area contributed by atoms with Crippen molar-refractivity contribution in [2.24, 2.45) is 0 Å². The van der Waals surface area contributed by atoms with Gasteiger partial charge in [-0.1, -0.05) is 29.8 Å². The number of carboxylic acid groups (broad SMARTS) is 1. The van der Waals surface area contributed by atoms with Crippen molar-refractivity contribution < 1.29 is 14.3 Å². The van der Waals surface area contributed by atoms with Gasteiger partial charge in [0.15, 0.2) is 0 Å². The minimum Gasteiger partial charge on any atom is -0.478 e. The van der Waals surface area contributed by atoms with Gasteiger partial charge in [-0.2, -0.15) is 5.10 Å². The predicted octanol–water partition coefficient (Wildman–Crippen LogP) is 5.18. The van der Waals surface area contributed by atoms with Crippen LogP contribution in [-0.4, -0.2) is 20.9 Å². The molecular weight excluding hydrogens is 355 g/mol. The van der Waals surface area contributed by atoms with Crippen molar-refractivity contribution in [2.45, 2.75) is 0 Å². The molecule has 0 aliphatic rings. The van der Waals surface area contributed by atoms with Crippen molar-refractivity contribution in [3.63, 3.8) is 0 Å². The van der Waals surface area contributed by atoms with Crippen molar-refractivity contribution in [2.75, 3.05) is 0 Å². The summed E-state index contributed by atoms with van der Waals surface area (Å²) in [6, 6.07) is 17.9. The van der Waals surface area contributed by atoms with E-state index in [-0.39, 0.29) is 11.4 Å². The van der Waals surface area contributed by atoms with Crippen LogP contribution in [0.3, 0.4) is 0 Å². The molecular formula is C20H12ClFN2O2. The first kappa shape index (κ1) is 16.3. The highest BCUT2D eigenvalue weighted by Crippen LogP contribution is 2.34. The number of nitrogens with zero attached hydrogens (tertiary/aromatic N) is 2. The molecule has 0 fully saturated rings. The van der Waals surface area contributed by atoms with E-state index in [4.69, 9.17) is 11.6 Å². The van der Waals surface area contributed by atoms with Gasteiger partial charge in [-0.05, 0) is 48.5 Å². The zero-order valence-corrected chi connectivity index (χ0v) is 14.1. The van der Waals surface area contributed by atoms with Crippen LogP contribution in [0, 0.1) is 5.82 Å². The van der Waals surface area contributed by atoms with Crippen LogP contribution < -0.4 is 0 Å². The molecule has 0 bridgehead atoms. The fourth-order valence-corrected chi connectivity index (χ4v) is 3.10. The second-order valence-corrected chi connectivity index (χ2v) is 6.16. The first-order chi connectivity index (χ1) is 12.5. The van der Waals surface area contributed by atoms with Gasteiger partial charge < -0.3 is 5.11 Å². The number of aromatic carboxylic acids is 1. The number of hydrogen-bond donors (Lipinski definition) is 1. The molecule has 0 aliphatic heterocycles. The summed E-state index contributed by atoms with van der Waals surface area (Å²) >= 11 is 6.32. The molecule has 0 spiro atoms. The minimum atomic E-state index is -1.03. The Morgan fingerprint density at radius 2 is 1.77 bits per heavy atom. The average Bonchev–Trinajstić information content (AvgIpc) is 3.01. The van der Waals surface area contributed by atoms with E-state index in [1.165, 1.54) is 18.2 Å². The van der Waals surface area contributed by atoms with E-state index in [0.717, 1.165) is 10.9 Å². The van der Waals surface area contributed by atoms with Crippen LogP contribution in [0.5, 0.6) is 0 Å². The molecule has 0 atom stereocenters. The SMILES string of the molecule is O=C(O)c1ccc2c(-c3ccccc3Cl)nn(-c3ccc(F)cc3)c2c1. The smallest absolute Gasteiger partial charge is 0.335 e. The molecule has 1 N–H and O–H groups in total. The second kappa shape index (κ2) is 6.28. The van der Waals surface area contributed by atoms with Gasteiger partial charge in [-0.15, -0.1) is 0 Å². The quantitative estimate of drug-likeness (QED) is 0.543. The van der Waals surface area contributed by atoms with Gasteiger partial charge in [0.2, 0.25) is 0 Å². The Bertz CT molecular complexity index is 1140. The van der Waals surface area contributed by atoms with Gasteiger partial charge >= 0.3 is 5.97 Å². The minimum absolute atomic E-state index is 0.145. The van der Waals surface area contributed by atoms with Crippen molar-refractivity contribution >= 4 is 28.5 Å². The van der Waals surface area contributed by atoms with E-state index in [9.17, 15) is 14.3 Å². The third-order valence-electron chi connectivity index (χ3n) is 4.13. The largest absolute Gasteiger partial charge is 0.478 e. The zero-order chi connectivity index (χ0) is 18.3. The lowest BCUT2D eigenvalue weighted by Crippen LogP contribution is -1.99. The first-order valence-corrected chi connectivity index (χ1v) is 8.19. The molecule has 6 heteroatoms. The second-order valence-electron chi connectivity index (χ2n) is 5.75. The molecule has 3 aromatic carbocycles. The molecule has 0 radical (unpaired) electrons. The van der Waals surface area contributed by atoms with E-state index in [1.807, 2.05) is 18.2 Å². The van der Waals surface area contributed by atoms with E-state index in [1.54, 1.807) is 35.0 Å². The number of fused-ring (bicyclic) bond motifs is 1. The maximum Gasteiger partial charge on any atom is 0.335 e. The molecule has 1 aromatic heterocycles. The summed E-state index contributed by atoms with van der Waals surface area (Å²) in [5.41, 5.74) is 2.74. The molecule has 128 valence electrons. The van der Waals surface area contributed by atoms with E-state index in [0.29, 0.717) is 21.9 Å². The molecule has 0 amide bonds. The number of rotatable bonds is 3. The Hall–Kier alpha value is -3.18. The first-order valence-electron chi connectivity index (χ1n) is 7.81. The summed E-state index contributed by atoms with van der Waals surface area (Å²) in [7, 11) is 0. The predicted molar refractivity (Wildman–Crippen MR) is 98.4 cm³/mol. The number of carboxylic acids is 1. The van der Waals surface area contributed by atoms with Gasteiger partial charge in [0, 0.05) is 10.9 Å². The summed E-state index contributed by atoms with van der Waals surface area (Å²) in [6.45, 7) is 0. The van der Waals surface area contributed by atoms with E-state index in [2.05, 4.69) is 5.10 Å². The number of aromatic nitrogens is 2. The van der Waals surface area contributed by atoms with Crippen LogP contribution in [0.15, 0.2) is 66.7 Å². The highest BCUT2D eigenvalue weighted by Gasteiger charge is 2.17.